The van der Waals surface area contributed by atoms with E-state index in [2.05, 4.69) is 41.0 Å². The summed E-state index contributed by atoms with van der Waals surface area (Å²) in [7, 11) is 6.34. The number of hydrogen-bond acceptors (Lipinski definition) is 4. The van der Waals surface area contributed by atoms with E-state index in [1.54, 1.807) is 0 Å². The Morgan fingerprint density at radius 2 is 1.59 bits per heavy atom. The SMILES string of the molecule is CNC(C)CCN1CCN(CCN(C)C)CC1. The highest BCUT2D eigenvalue weighted by molar-refractivity contribution is 4.73. The number of nitrogens with one attached hydrogen (secondary N) is 1. The van der Waals surface area contributed by atoms with Crippen LogP contribution in [0.3, 0.4) is 0 Å². The average molecular weight is 242 g/mol. The minimum Gasteiger partial charge on any atom is -0.317 e. The maximum Gasteiger partial charge on any atom is 0.0110 e. The van der Waals surface area contributed by atoms with Gasteiger partial charge in [-0.3, -0.25) is 4.90 Å². The molecule has 0 spiro atoms. The number of rotatable bonds is 7. The van der Waals surface area contributed by atoms with Crippen LogP contribution in [0.15, 0.2) is 0 Å². The van der Waals surface area contributed by atoms with Crippen LogP contribution in [-0.4, -0.2) is 87.7 Å². The Morgan fingerprint density at radius 1 is 1.06 bits per heavy atom. The highest BCUT2D eigenvalue weighted by atomic mass is 15.3. The van der Waals surface area contributed by atoms with E-state index in [1.807, 2.05) is 7.05 Å². The molecule has 0 bridgehead atoms. The molecular weight excluding hydrogens is 212 g/mol. The van der Waals surface area contributed by atoms with E-state index in [0.29, 0.717) is 6.04 Å². The molecule has 1 heterocycles. The first kappa shape index (κ1) is 14.9. The van der Waals surface area contributed by atoms with Crippen LogP contribution in [-0.2, 0) is 0 Å². The molecule has 1 saturated heterocycles. The Balaban J connectivity index is 2.09. The molecule has 0 aliphatic carbocycles. The third-order valence-corrected chi connectivity index (χ3v) is 3.70. The minimum absolute atomic E-state index is 0.641. The monoisotopic (exact) mass is 242 g/mol. The maximum absolute atomic E-state index is 3.30. The number of hydrogen-bond donors (Lipinski definition) is 1. The van der Waals surface area contributed by atoms with Crippen LogP contribution in [0.25, 0.3) is 0 Å². The largest absolute Gasteiger partial charge is 0.317 e. The zero-order valence-corrected chi connectivity index (χ0v) is 12.1. The van der Waals surface area contributed by atoms with Gasteiger partial charge in [0.25, 0.3) is 0 Å². The molecule has 0 aromatic heterocycles. The van der Waals surface area contributed by atoms with E-state index < -0.39 is 0 Å². The molecule has 0 aromatic carbocycles. The van der Waals surface area contributed by atoms with Crippen molar-refractivity contribution in [2.24, 2.45) is 0 Å². The zero-order valence-electron chi connectivity index (χ0n) is 12.1. The van der Waals surface area contributed by atoms with Crippen molar-refractivity contribution in [1.82, 2.24) is 20.0 Å². The Bertz CT molecular complexity index is 188. The lowest BCUT2D eigenvalue weighted by molar-refractivity contribution is 0.122. The van der Waals surface area contributed by atoms with Crippen LogP contribution >= 0.6 is 0 Å². The van der Waals surface area contributed by atoms with E-state index in [1.165, 1.54) is 52.2 Å². The standard InChI is InChI=1S/C13H30N4/c1-13(14-2)5-6-16-9-11-17(12-10-16)8-7-15(3)4/h13-14H,5-12H2,1-4H3. The molecule has 1 atom stereocenters. The van der Waals surface area contributed by atoms with Crippen LogP contribution < -0.4 is 5.32 Å². The van der Waals surface area contributed by atoms with E-state index in [0.717, 1.165) is 0 Å². The summed E-state index contributed by atoms with van der Waals surface area (Å²) in [6, 6.07) is 0.641. The second kappa shape index (κ2) is 8.03. The molecule has 102 valence electrons. The van der Waals surface area contributed by atoms with Crippen molar-refractivity contribution >= 4 is 0 Å². The third kappa shape index (κ3) is 6.36. The van der Waals surface area contributed by atoms with E-state index >= 15 is 0 Å². The van der Waals surface area contributed by atoms with E-state index in [4.69, 9.17) is 0 Å². The summed E-state index contributed by atoms with van der Waals surface area (Å²) in [5.41, 5.74) is 0. The molecule has 1 aliphatic heterocycles. The molecule has 17 heavy (non-hydrogen) atoms. The fourth-order valence-electron chi connectivity index (χ4n) is 2.10. The van der Waals surface area contributed by atoms with Crippen molar-refractivity contribution in [3.63, 3.8) is 0 Å². The van der Waals surface area contributed by atoms with Gasteiger partial charge >= 0.3 is 0 Å². The summed E-state index contributed by atoms with van der Waals surface area (Å²) in [6.45, 7) is 10.8. The van der Waals surface area contributed by atoms with E-state index in [-0.39, 0.29) is 0 Å². The van der Waals surface area contributed by atoms with Gasteiger partial charge in [-0.1, -0.05) is 0 Å². The van der Waals surface area contributed by atoms with Gasteiger partial charge in [0.05, 0.1) is 0 Å². The Labute approximate surface area is 107 Å². The van der Waals surface area contributed by atoms with Crippen LogP contribution in [0.5, 0.6) is 0 Å². The topological polar surface area (TPSA) is 21.8 Å². The lowest BCUT2D eigenvalue weighted by atomic mass is 10.2. The molecule has 4 nitrogen and oxygen atoms in total. The third-order valence-electron chi connectivity index (χ3n) is 3.70. The van der Waals surface area contributed by atoms with Crippen LogP contribution in [0.4, 0.5) is 0 Å². The Hall–Kier alpha value is -0.160. The quantitative estimate of drug-likeness (QED) is 0.687. The first-order valence-electron chi connectivity index (χ1n) is 6.88. The fourth-order valence-corrected chi connectivity index (χ4v) is 2.10. The normalized spacial score (nSPS) is 21.0. The average Bonchev–Trinajstić information content (AvgIpc) is 2.34. The lowest BCUT2D eigenvalue weighted by Gasteiger charge is -2.35. The van der Waals surface area contributed by atoms with E-state index in [9.17, 15) is 0 Å². The molecule has 1 aliphatic rings. The first-order chi connectivity index (χ1) is 8.11. The van der Waals surface area contributed by atoms with Crippen molar-refractivity contribution in [3.05, 3.63) is 0 Å². The maximum atomic E-state index is 3.30. The van der Waals surface area contributed by atoms with Gasteiger partial charge in [0.2, 0.25) is 0 Å². The molecule has 0 amide bonds. The zero-order chi connectivity index (χ0) is 12.7. The Morgan fingerprint density at radius 3 is 2.06 bits per heavy atom. The summed E-state index contributed by atoms with van der Waals surface area (Å²) in [4.78, 5) is 7.44. The Kier molecular flexibility index (Phi) is 7.04. The van der Waals surface area contributed by atoms with Gasteiger partial charge in [-0.25, -0.2) is 0 Å². The van der Waals surface area contributed by atoms with Gasteiger partial charge in [0, 0.05) is 45.3 Å². The summed E-state index contributed by atoms with van der Waals surface area (Å²) in [5.74, 6) is 0. The molecule has 1 unspecified atom stereocenters. The van der Waals surface area contributed by atoms with Crippen LogP contribution in [0.1, 0.15) is 13.3 Å². The molecule has 1 N–H and O–H groups in total. The molecule has 4 heteroatoms. The van der Waals surface area contributed by atoms with Crippen LogP contribution in [0.2, 0.25) is 0 Å². The van der Waals surface area contributed by atoms with Gasteiger partial charge in [0.1, 0.15) is 0 Å². The predicted molar refractivity (Wildman–Crippen MR) is 74.6 cm³/mol. The predicted octanol–water partition coefficient (Wildman–Crippen LogP) is 0.164. The van der Waals surface area contributed by atoms with Crippen molar-refractivity contribution in [3.8, 4) is 0 Å². The summed E-state index contributed by atoms with van der Waals surface area (Å²) in [5, 5.41) is 3.30. The molecule has 1 fully saturated rings. The van der Waals surface area contributed by atoms with Crippen molar-refractivity contribution in [1.29, 1.82) is 0 Å². The molecule has 1 rings (SSSR count). The van der Waals surface area contributed by atoms with Gasteiger partial charge in [-0.15, -0.1) is 0 Å². The second-order valence-electron chi connectivity index (χ2n) is 5.46. The van der Waals surface area contributed by atoms with Gasteiger partial charge in [-0.05, 0) is 41.0 Å². The molecule has 0 aromatic rings. The van der Waals surface area contributed by atoms with Gasteiger partial charge in [0.15, 0.2) is 0 Å². The second-order valence-corrected chi connectivity index (χ2v) is 5.46. The molecule has 0 radical (unpaired) electrons. The smallest absolute Gasteiger partial charge is 0.0110 e. The summed E-state index contributed by atoms with van der Waals surface area (Å²) >= 11 is 0. The highest BCUT2D eigenvalue weighted by Crippen LogP contribution is 2.03. The minimum atomic E-state index is 0.641. The fraction of sp³-hybridized carbons (Fsp3) is 1.00. The van der Waals surface area contributed by atoms with Crippen molar-refractivity contribution in [2.45, 2.75) is 19.4 Å². The highest BCUT2D eigenvalue weighted by Gasteiger charge is 2.16. The number of likely N-dealkylation sites (N-methyl/N-ethyl adjacent to an activating group) is 1. The molecule has 0 saturated carbocycles. The van der Waals surface area contributed by atoms with Crippen molar-refractivity contribution in [2.75, 3.05) is 67.0 Å². The van der Waals surface area contributed by atoms with Crippen molar-refractivity contribution < 1.29 is 0 Å². The van der Waals surface area contributed by atoms with Gasteiger partial charge in [-0.2, -0.15) is 0 Å². The summed E-state index contributed by atoms with van der Waals surface area (Å²) in [6.07, 6.45) is 1.26. The summed E-state index contributed by atoms with van der Waals surface area (Å²) < 4.78 is 0. The van der Waals surface area contributed by atoms with Gasteiger partial charge < -0.3 is 15.1 Å². The number of piperazine rings is 1. The lowest BCUT2D eigenvalue weighted by Crippen LogP contribution is -2.48. The van der Waals surface area contributed by atoms with Crippen LogP contribution in [0, 0.1) is 0 Å². The first-order valence-corrected chi connectivity index (χ1v) is 6.88. The number of nitrogens with zero attached hydrogens (tertiary/aromatic N) is 3. The molecular formula is C13H30N4.